The van der Waals surface area contributed by atoms with E-state index in [2.05, 4.69) is 23.5 Å². The molecule has 0 fully saturated rings. The van der Waals surface area contributed by atoms with Crippen LogP contribution in [0, 0.1) is 18.6 Å². The normalized spacial score (nSPS) is 13.0. The van der Waals surface area contributed by atoms with Crippen LogP contribution in [0.15, 0.2) is 0 Å². The van der Waals surface area contributed by atoms with Gasteiger partial charge in [0.1, 0.15) is 0 Å². The van der Waals surface area contributed by atoms with Gasteiger partial charge in [0.05, 0.1) is 0 Å². The third kappa shape index (κ3) is 6.17. The molecule has 0 heterocycles. The highest BCUT2D eigenvalue weighted by atomic mass is 14.7. The molecule has 1 unspecified atom stereocenters. The van der Waals surface area contributed by atoms with E-state index in [1.807, 2.05) is 6.92 Å². The minimum Gasteiger partial charge on any atom is -0.317 e. The van der Waals surface area contributed by atoms with Crippen molar-refractivity contribution in [3.05, 3.63) is 22.8 Å². The summed E-state index contributed by atoms with van der Waals surface area (Å²) in [5.74, 6) is 0. The predicted molar refractivity (Wildman–Crippen MR) is 55.2 cm³/mol. The van der Waals surface area contributed by atoms with Crippen LogP contribution in [-0.4, -0.2) is 12.6 Å². The third-order valence-corrected chi connectivity index (χ3v) is 2.19. The molecule has 0 saturated heterocycles. The summed E-state index contributed by atoms with van der Waals surface area (Å²) in [7, 11) is 0. The smallest absolute Gasteiger partial charge is 0.221 e. The van der Waals surface area contributed by atoms with E-state index in [1.54, 1.807) is 0 Å². The zero-order valence-corrected chi connectivity index (χ0v) is 8.80. The molecule has 0 bridgehead atoms. The van der Waals surface area contributed by atoms with Crippen molar-refractivity contribution in [2.75, 3.05) is 6.54 Å². The van der Waals surface area contributed by atoms with Gasteiger partial charge in [-0.2, -0.15) is 0 Å². The minimum absolute atomic E-state index is 0.114. The standard InChI is InChI=1S/C11H18N2/c1-10(13-5)9-11(2,3)7-6-8-12-4/h10H,6-9H2,1-3H3. The summed E-state index contributed by atoms with van der Waals surface area (Å²) in [5.41, 5.74) is 0.217. The van der Waals surface area contributed by atoms with Gasteiger partial charge in [-0.1, -0.05) is 13.8 Å². The summed E-state index contributed by atoms with van der Waals surface area (Å²) < 4.78 is 0. The number of nitrogens with zero attached hydrogens (tertiary/aromatic N) is 2. The average Bonchev–Trinajstić information content (AvgIpc) is 2.03. The Morgan fingerprint density at radius 1 is 1.31 bits per heavy atom. The third-order valence-electron chi connectivity index (χ3n) is 2.19. The highest BCUT2D eigenvalue weighted by molar-refractivity contribution is 4.82. The van der Waals surface area contributed by atoms with Crippen molar-refractivity contribution >= 4 is 0 Å². The van der Waals surface area contributed by atoms with Crippen LogP contribution < -0.4 is 0 Å². The van der Waals surface area contributed by atoms with E-state index in [4.69, 9.17) is 13.1 Å². The van der Waals surface area contributed by atoms with Crippen LogP contribution in [0.2, 0.25) is 0 Å². The van der Waals surface area contributed by atoms with E-state index in [-0.39, 0.29) is 11.5 Å². The van der Waals surface area contributed by atoms with Crippen LogP contribution in [-0.2, 0) is 0 Å². The summed E-state index contributed by atoms with van der Waals surface area (Å²) in [5, 5.41) is 0. The zero-order chi connectivity index (χ0) is 10.3. The number of hydrogen-bond donors (Lipinski definition) is 0. The van der Waals surface area contributed by atoms with E-state index in [9.17, 15) is 0 Å². The molecule has 72 valence electrons. The molecule has 0 spiro atoms. The average molecular weight is 178 g/mol. The molecule has 0 radical (unpaired) electrons. The first-order valence-corrected chi connectivity index (χ1v) is 4.71. The molecule has 0 aromatic rings. The lowest BCUT2D eigenvalue weighted by atomic mass is 9.82. The van der Waals surface area contributed by atoms with Gasteiger partial charge in [0.15, 0.2) is 0 Å². The quantitative estimate of drug-likeness (QED) is 0.450. The fourth-order valence-electron chi connectivity index (χ4n) is 1.58. The molecule has 0 aromatic heterocycles. The lowest BCUT2D eigenvalue weighted by Gasteiger charge is -2.22. The van der Waals surface area contributed by atoms with Crippen LogP contribution >= 0.6 is 0 Å². The van der Waals surface area contributed by atoms with Crippen LogP contribution in [0.4, 0.5) is 0 Å². The Kier molecular flexibility index (Phi) is 5.16. The van der Waals surface area contributed by atoms with Crippen LogP contribution in [0.25, 0.3) is 9.69 Å². The fourth-order valence-corrected chi connectivity index (χ4v) is 1.58. The van der Waals surface area contributed by atoms with Gasteiger partial charge in [-0.05, 0) is 11.8 Å². The molecule has 0 aliphatic carbocycles. The second-order valence-corrected chi connectivity index (χ2v) is 4.33. The van der Waals surface area contributed by atoms with Gasteiger partial charge in [0.25, 0.3) is 0 Å². The first kappa shape index (κ1) is 12.0. The van der Waals surface area contributed by atoms with Crippen LogP contribution in [0.3, 0.4) is 0 Å². The Balaban J connectivity index is 3.82. The SMILES string of the molecule is [C-]#[N+]CCCC(C)(C)CC(C)[N+]#[C-]. The predicted octanol–water partition coefficient (Wildman–Crippen LogP) is 3.41. The Labute approximate surface area is 81.6 Å². The zero-order valence-electron chi connectivity index (χ0n) is 8.80. The summed E-state index contributed by atoms with van der Waals surface area (Å²) in [6, 6.07) is 0.114. The van der Waals surface area contributed by atoms with E-state index in [0.29, 0.717) is 6.54 Å². The molecule has 1 atom stereocenters. The van der Waals surface area contributed by atoms with Crippen molar-refractivity contribution in [3.63, 3.8) is 0 Å². The summed E-state index contributed by atoms with van der Waals surface area (Å²) in [6.45, 7) is 20.5. The molecule has 13 heavy (non-hydrogen) atoms. The van der Waals surface area contributed by atoms with Crippen molar-refractivity contribution in [1.29, 1.82) is 0 Å². The van der Waals surface area contributed by atoms with Gasteiger partial charge in [-0.15, -0.1) is 0 Å². The highest BCUT2D eigenvalue weighted by Gasteiger charge is 2.23. The van der Waals surface area contributed by atoms with E-state index >= 15 is 0 Å². The van der Waals surface area contributed by atoms with Crippen molar-refractivity contribution in [1.82, 2.24) is 0 Å². The van der Waals surface area contributed by atoms with Crippen molar-refractivity contribution in [2.24, 2.45) is 5.41 Å². The molecular formula is C11H18N2. The van der Waals surface area contributed by atoms with Crippen molar-refractivity contribution < 1.29 is 0 Å². The maximum Gasteiger partial charge on any atom is 0.221 e. The van der Waals surface area contributed by atoms with Crippen molar-refractivity contribution in [3.8, 4) is 0 Å². The van der Waals surface area contributed by atoms with E-state index in [1.165, 1.54) is 0 Å². The lowest BCUT2D eigenvalue weighted by molar-refractivity contribution is 0.294. The van der Waals surface area contributed by atoms with Crippen molar-refractivity contribution in [2.45, 2.75) is 46.1 Å². The first-order valence-electron chi connectivity index (χ1n) is 4.71. The fraction of sp³-hybridized carbons (Fsp3) is 0.818. The minimum atomic E-state index is 0.114. The first-order chi connectivity index (χ1) is 6.02. The Hall–Kier alpha value is -1.02. The number of hydrogen-bond acceptors (Lipinski definition) is 0. The summed E-state index contributed by atoms with van der Waals surface area (Å²) in [4.78, 5) is 6.82. The van der Waals surface area contributed by atoms with Crippen LogP contribution in [0.1, 0.15) is 40.0 Å². The summed E-state index contributed by atoms with van der Waals surface area (Å²) >= 11 is 0. The molecule has 0 aliphatic rings. The maximum atomic E-state index is 6.88. The largest absolute Gasteiger partial charge is 0.317 e. The molecular weight excluding hydrogens is 160 g/mol. The molecule has 0 aliphatic heterocycles. The molecule has 0 aromatic carbocycles. The molecule has 2 nitrogen and oxygen atoms in total. The monoisotopic (exact) mass is 178 g/mol. The van der Waals surface area contributed by atoms with Gasteiger partial charge in [0.2, 0.25) is 12.6 Å². The summed E-state index contributed by atoms with van der Waals surface area (Å²) in [6.07, 6.45) is 2.95. The maximum absolute atomic E-state index is 6.88. The topological polar surface area (TPSA) is 8.72 Å². The van der Waals surface area contributed by atoms with Gasteiger partial charge < -0.3 is 9.69 Å². The second kappa shape index (κ2) is 5.60. The van der Waals surface area contributed by atoms with Gasteiger partial charge in [-0.3, -0.25) is 0 Å². The molecule has 0 amide bonds. The molecule has 0 N–H and O–H groups in total. The molecule has 2 heteroatoms. The highest BCUT2D eigenvalue weighted by Crippen LogP contribution is 2.29. The van der Waals surface area contributed by atoms with Gasteiger partial charge in [-0.25, -0.2) is 13.1 Å². The number of rotatable bonds is 5. The van der Waals surface area contributed by atoms with Crippen LogP contribution in [0.5, 0.6) is 0 Å². The van der Waals surface area contributed by atoms with E-state index < -0.39 is 0 Å². The van der Waals surface area contributed by atoms with Gasteiger partial charge >= 0.3 is 0 Å². The molecule has 0 rings (SSSR count). The Morgan fingerprint density at radius 3 is 2.38 bits per heavy atom. The second-order valence-electron chi connectivity index (χ2n) is 4.33. The molecule has 0 saturated carbocycles. The van der Waals surface area contributed by atoms with E-state index in [0.717, 1.165) is 19.3 Å². The Bertz CT molecular complexity index is 217. The Morgan fingerprint density at radius 2 is 1.92 bits per heavy atom. The lowest BCUT2D eigenvalue weighted by Crippen LogP contribution is -2.17. The van der Waals surface area contributed by atoms with Gasteiger partial charge in [0, 0.05) is 19.8 Å².